The molecule has 0 unspecified atom stereocenters. The van der Waals surface area contributed by atoms with E-state index in [-0.39, 0.29) is 24.8 Å². The summed E-state index contributed by atoms with van der Waals surface area (Å²) in [4.78, 5) is 12.6. The highest BCUT2D eigenvalue weighted by Gasteiger charge is 2.21. The van der Waals surface area contributed by atoms with Gasteiger partial charge in [-0.1, -0.05) is 35.0 Å². The molecule has 27 heavy (non-hydrogen) atoms. The summed E-state index contributed by atoms with van der Waals surface area (Å²) in [5.74, 6) is 0.948. The summed E-state index contributed by atoms with van der Waals surface area (Å²) in [7, 11) is 0. The van der Waals surface area contributed by atoms with E-state index in [0.717, 1.165) is 17.0 Å². The van der Waals surface area contributed by atoms with E-state index in [4.69, 9.17) is 20.9 Å². The number of aryl methyl sites for hydroxylation is 3. The number of amides is 1. The van der Waals surface area contributed by atoms with Crippen LogP contribution < -0.4 is 10.1 Å². The molecule has 2 heterocycles. The number of aromatic nitrogens is 3. The summed E-state index contributed by atoms with van der Waals surface area (Å²) in [5, 5.41) is 11.4. The molecule has 0 saturated carbocycles. The van der Waals surface area contributed by atoms with Crippen molar-refractivity contribution in [3.05, 3.63) is 63.8 Å². The van der Waals surface area contributed by atoms with Gasteiger partial charge in [-0.2, -0.15) is 5.10 Å². The van der Waals surface area contributed by atoms with Crippen LogP contribution in [0, 0.1) is 13.8 Å². The largest absolute Gasteiger partial charge is 0.488 e. The fourth-order valence-corrected chi connectivity index (χ4v) is 2.90. The first kappa shape index (κ1) is 19.0. The van der Waals surface area contributed by atoms with E-state index in [0.29, 0.717) is 22.9 Å². The van der Waals surface area contributed by atoms with Gasteiger partial charge < -0.3 is 14.6 Å². The number of nitrogens with zero attached hydrogens (tertiary/aromatic N) is 3. The second-order valence-corrected chi connectivity index (χ2v) is 6.46. The van der Waals surface area contributed by atoms with Crippen LogP contribution in [-0.2, 0) is 19.7 Å². The van der Waals surface area contributed by atoms with Crippen LogP contribution in [0.2, 0.25) is 5.02 Å². The topological polar surface area (TPSA) is 82.2 Å². The lowest BCUT2D eigenvalue weighted by molar-refractivity contribution is 0.0938. The molecule has 0 spiro atoms. The molecule has 0 radical (unpaired) electrons. The Balaban J connectivity index is 1.70. The monoisotopic (exact) mass is 388 g/mol. The lowest BCUT2D eigenvalue weighted by Gasteiger charge is -2.10. The minimum absolute atomic E-state index is 0.191. The summed E-state index contributed by atoms with van der Waals surface area (Å²) in [6.45, 7) is 6.77. The molecule has 0 fully saturated rings. The molecule has 0 atom stereocenters. The van der Waals surface area contributed by atoms with Crippen molar-refractivity contribution in [1.29, 1.82) is 0 Å². The van der Waals surface area contributed by atoms with Crippen LogP contribution in [0.25, 0.3) is 0 Å². The highest BCUT2D eigenvalue weighted by molar-refractivity contribution is 6.31. The maximum Gasteiger partial charge on any atom is 0.274 e. The van der Waals surface area contributed by atoms with Crippen molar-refractivity contribution in [1.82, 2.24) is 20.3 Å². The molecule has 1 amide bonds. The van der Waals surface area contributed by atoms with Crippen molar-refractivity contribution in [3.63, 3.8) is 0 Å². The van der Waals surface area contributed by atoms with Gasteiger partial charge in [0.1, 0.15) is 18.1 Å². The number of nitrogens with one attached hydrogen (secondary N) is 1. The van der Waals surface area contributed by atoms with Crippen LogP contribution in [0.15, 0.2) is 35.0 Å². The van der Waals surface area contributed by atoms with E-state index in [1.807, 2.05) is 38.1 Å². The van der Waals surface area contributed by atoms with Crippen LogP contribution in [0.3, 0.4) is 0 Å². The number of ether oxygens (including phenoxy) is 1. The summed E-state index contributed by atoms with van der Waals surface area (Å²) >= 11 is 6.13. The van der Waals surface area contributed by atoms with E-state index in [1.165, 1.54) is 0 Å². The summed E-state index contributed by atoms with van der Waals surface area (Å²) < 4.78 is 12.8. The molecule has 0 aliphatic heterocycles. The van der Waals surface area contributed by atoms with Crippen molar-refractivity contribution in [2.75, 3.05) is 0 Å². The first-order chi connectivity index (χ1) is 13.0. The third-order valence-electron chi connectivity index (χ3n) is 4.28. The maximum absolute atomic E-state index is 12.6. The van der Waals surface area contributed by atoms with Gasteiger partial charge in [0.15, 0.2) is 5.69 Å². The molecule has 0 aliphatic carbocycles. The highest BCUT2D eigenvalue weighted by atomic mass is 35.5. The Hall–Kier alpha value is -2.80. The average Bonchev–Trinajstić information content (AvgIpc) is 3.21. The number of hydrogen-bond acceptors (Lipinski definition) is 5. The van der Waals surface area contributed by atoms with Gasteiger partial charge >= 0.3 is 0 Å². The van der Waals surface area contributed by atoms with E-state index in [2.05, 4.69) is 15.6 Å². The molecular formula is C19H21ClN4O3. The van der Waals surface area contributed by atoms with Gasteiger partial charge in [-0.3, -0.25) is 9.48 Å². The van der Waals surface area contributed by atoms with Gasteiger partial charge in [0, 0.05) is 6.54 Å². The third kappa shape index (κ3) is 4.14. The van der Waals surface area contributed by atoms with Crippen molar-refractivity contribution in [2.24, 2.45) is 0 Å². The summed E-state index contributed by atoms with van der Waals surface area (Å²) in [6, 6.07) is 7.69. The molecule has 142 valence electrons. The first-order valence-electron chi connectivity index (χ1n) is 8.63. The van der Waals surface area contributed by atoms with E-state index >= 15 is 0 Å². The molecule has 0 aliphatic rings. The van der Waals surface area contributed by atoms with Crippen LogP contribution in [0.5, 0.6) is 5.75 Å². The fourth-order valence-electron chi connectivity index (χ4n) is 2.69. The summed E-state index contributed by atoms with van der Waals surface area (Å²) in [5.41, 5.74) is 2.58. The van der Waals surface area contributed by atoms with Gasteiger partial charge in [-0.25, -0.2) is 0 Å². The lowest BCUT2D eigenvalue weighted by Crippen LogP contribution is -2.26. The van der Waals surface area contributed by atoms with Gasteiger partial charge in [0.05, 0.1) is 29.0 Å². The van der Waals surface area contributed by atoms with Gasteiger partial charge in [-0.15, -0.1) is 0 Å². The minimum atomic E-state index is -0.352. The zero-order chi connectivity index (χ0) is 19.4. The fraction of sp³-hybridized carbons (Fsp3) is 0.316. The molecule has 0 saturated heterocycles. The van der Waals surface area contributed by atoms with Gasteiger partial charge in [0.25, 0.3) is 5.91 Å². The lowest BCUT2D eigenvalue weighted by atomic mass is 10.2. The number of halogens is 1. The van der Waals surface area contributed by atoms with Crippen LogP contribution in [0.4, 0.5) is 0 Å². The highest BCUT2D eigenvalue weighted by Crippen LogP contribution is 2.21. The number of para-hydroxylation sites is 1. The normalized spacial score (nSPS) is 10.8. The van der Waals surface area contributed by atoms with E-state index in [9.17, 15) is 4.79 Å². The molecule has 1 N–H and O–H groups in total. The molecule has 0 bridgehead atoms. The quantitative estimate of drug-likeness (QED) is 0.667. The second-order valence-electron chi connectivity index (χ2n) is 6.06. The molecule has 3 rings (SSSR count). The Kier molecular flexibility index (Phi) is 5.81. The molecule has 3 aromatic rings. The minimum Gasteiger partial charge on any atom is -0.488 e. The maximum atomic E-state index is 12.6. The molecule has 1 aromatic carbocycles. The third-order valence-corrected chi connectivity index (χ3v) is 4.59. The van der Waals surface area contributed by atoms with Crippen molar-refractivity contribution >= 4 is 17.5 Å². The Labute approximate surface area is 162 Å². The van der Waals surface area contributed by atoms with Crippen LogP contribution in [0.1, 0.15) is 40.0 Å². The number of rotatable bonds is 7. The number of hydrogen-bond donors (Lipinski definition) is 1. The van der Waals surface area contributed by atoms with E-state index < -0.39 is 0 Å². The van der Waals surface area contributed by atoms with Gasteiger partial charge in [-0.05, 0) is 32.4 Å². The zero-order valence-electron chi connectivity index (χ0n) is 15.5. The van der Waals surface area contributed by atoms with Crippen LogP contribution >= 0.6 is 11.6 Å². The van der Waals surface area contributed by atoms with Crippen molar-refractivity contribution < 1.29 is 14.1 Å². The molecule has 8 heteroatoms. The van der Waals surface area contributed by atoms with E-state index in [1.54, 1.807) is 17.8 Å². The zero-order valence-corrected chi connectivity index (χ0v) is 16.2. The Morgan fingerprint density at radius 1 is 1.33 bits per heavy atom. The predicted molar refractivity (Wildman–Crippen MR) is 101 cm³/mol. The number of benzene rings is 1. The smallest absolute Gasteiger partial charge is 0.274 e. The van der Waals surface area contributed by atoms with Crippen LogP contribution in [-0.4, -0.2) is 20.8 Å². The van der Waals surface area contributed by atoms with Gasteiger partial charge in [0.2, 0.25) is 0 Å². The molecular weight excluding hydrogens is 368 g/mol. The Morgan fingerprint density at radius 3 is 2.85 bits per heavy atom. The van der Waals surface area contributed by atoms with Crippen molar-refractivity contribution in [2.45, 2.75) is 40.5 Å². The Bertz CT molecular complexity index is 948. The SMILES string of the molecule is CCn1ncc(Cl)c1CNC(=O)c1noc(C)c1COc1ccccc1C. The van der Waals surface area contributed by atoms with Crippen molar-refractivity contribution in [3.8, 4) is 5.75 Å². The summed E-state index contributed by atoms with van der Waals surface area (Å²) in [6.07, 6.45) is 1.56. The Morgan fingerprint density at radius 2 is 2.11 bits per heavy atom. The average molecular weight is 389 g/mol. The number of carbonyl (C=O) groups excluding carboxylic acids is 1. The second kappa shape index (κ2) is 8.26. The predicted octanol–water partition coefficient (Wildman–Crippen LogP) is 3.67. The number of carbonyl (C=O) groups is 1. The molecule has 2 aromatic heterocycles. The first-order valence-corrected chi connectivity index (χ1v) is 9.01. The standard InChI is InChI=1S/C19H21ClN4O3/c1-4-24-16(15(20)9-22-24)10-21-19(25)18-14(13(3)27-23-18)11-26-17-8-6-5-7-12(17)2/h5-9H,4,10-11H2,1-3H3,(H,21,25). The molecule has 7 nitrogen and oxygen atoms in total.